The van der Waals surface area contributed by atoms with Crippen molar-refractivity contribution < 1.29 is 21.7 Å². The van der Waals surface area contributed by atoms with Gasteiger partial charge in [-0.25, -0.2) is 9.37 Å². The number of benzene rings is 1. The summed E-state index contributed by atoms with van der Waals surface area (Å²) in [6.07, 6.45) is 3.92. The third kappa shape index (κ3) is 3.92. The molecule has 0 aliphatic carbocycles. The highest BCUT2D eigenvalue weighted by atomic mass is 32.2. The number of ether oxygens (including phenoxy) is 1. The largest absolute Gasteiger partial charge is 0.354 e. The average molecular weight is 355 g/mol. The Bertz CT molecular complexity index is 837. The topological polar surface area (TPSA) is 73.7 Å². The van der Waals surface area contributed by atoms with Crippen LogP contribution in [0.25, 0.3) is 5.69 Å². The number of hydrogen-bond donors (Lipinski definition) is 0. The number of nitrogens with zero attached hydrogens (tertiary/aromatic N) is 3. The van der Waals surface area contributed by atoms with Crippen LogP contribution in [0.4, 0.5) is 10.1 Å². The Labute approximate surface area is 139 Å². The second-order valence-corrected chi connectivity index (χ2v) is 7.33. The fourth-order valence-electron chi connectivity index (χ4n) is 2.48. The van der Waals surface area contributed by atoms with Gasteiger partial charge in [-0.1, -0.05) is 0 Å². The van der Waals surface area contributed by atoms with E-state index in [1.54, 1.807) is 29.2 Å². The first-order valence-corrected chi connectivity index (χ1v) is 9.15. The van der Waals surface area contributed by atoms with E-state index in [4.69, 9.17) is 8.92 Å². The molecule has 0 bridgehead atoms. The third-order valence-electron chi connectivity index (χ3n) is 3.64. The highest BCUT2D eigenvalue weighted by Crippen LogP contribution is 2.24. The summed E-state index contributed by atoms with van der Waals surface area (Å²) in [6, 6.07) is 4.89. The molecule has 1 atom stereocenters. The van der Waals surface area contributed by atoms with E-state index in [-0.39, 0.29) is 25.3 Å². The number of imidazole rings is 1. The third-order valence-corrected chi connectivity index (χ3v) is 4.21. The van der Waals surface area contributed by atoms with Crippen molar-refractivity contribution in [2.45, 2.75) is 13.0 Å². The summed E-state index contributed by atoms with van der Waals surface area (Å²) in [7, 11) is -3.50. The van der Waals surface area contributed by atoms with Crippen LogP contribution in [0.15, 0.2) is 30.7 Å². The lowest BCUT2D eigenvalue weighted by Crippen LogP contribution is -2.25. The van der Waals surface area contributed by atoms with E-state index in [0.29, 0.717) is 17.9 Å². The molecule has 0 saturated carbocycles. The number of anilines is 1. The molecule has 24 heavy (non-hydrogen) atoms. The maximum Gasteiger partial charge on any atom is 0.264 e. The Balaban J connectivity index is 1.69. The van der Waals surface area contributed by atoms with Crippen molar-refractivity contribution in [2.75, 3.05) is 31.0 Å². The van der Waals surface area contributed by atoms with E-state index < -0.39 is 10.1 Å². The monoisotopic (exact) mass is 355 g/mol. The predicted octanol–water partition coefficient (Wildman–Crippen LogP) is 1.46. The molecule has 0 spiro atoms. The van der Waals surface area contributed by atoms with Gasteiger partial charge in [-0.15, -0.1) is 0 Å². The SMILES string of the molecule is Cc1cn(-c2ccc(N3CO[C@@H](COS(C)(=O)=O)C3)cc2F)cn1. The molecule has 1 aromatic heterocycles. The van der Waals surface area contributed by atoms with Crippen LogP contribution in [0.1, 0.15) is 5.69 Å². The van der Waals surface area contributed by atoms with Crippen LogP contribution in [0, 0.1) is 12.7 Å². The Kier molecular flexibility index (Phi) is 4.57. The molecule has 130 valence electrons. The molecular weight excluding hydrogens is 337 g/mol. The van der Waals surface area contributed by atoms with Crippen LogP contribution in [0.5, 0.6) is 0 Å². The quantitative estimate of drug-likeness (QED) is 0.756. The summed E-state index contributed by atoms with van der Waals surface area (Å²) in [5.74, 6) is -0.374. The molecule has 9 heteroatoms. The van der Waals surface area contributed by atoms with Gasteiger partial charge in [-0.05, 0) is 25.1 Å². The van der Waals surface area contributed by atoms with Gasteiger partial charge in [-0.3, -0.25) is 4.18 Å². The zero-order valence-corrected chi connectivity index (χ0v) is 14.2. The number of hydrogen-bond acceptors (Lipinski definition) is 6. The molecule has 7 nitrogen and oxygen atoms in total. The van der Waals surface area contributed by atoms with Crippen LogP contribution in [0.2, 0.25) is 0 Å². The average Bonchev–Trinajstić information content (AvgIpc) is 3.13. The van der Waals surface area contributed by atoms with E-state index in [1.165, 1.54) is 6.07 Å². The lowest BCUT2D eigenvalue weighted by Gasteiger charge is -2.17. The van der Waals surface area contributed by atoms with Gasteiger partial charge in [-0.2, -0.15) is 8.42 Å². The minimum absolute atomic E-state index is 0.0514. The van der Waals surface area contributed by atoms with Gasteiger partial charge in [0.25, 0.3) is 10.1 Å². The maximum atomic E-state index is 14.4. The zero-order chi connectivity index (χ0) is 17.3. The number of halogens is 1. The van der Waals surface area contributed by atoms with E-state index in [0.717, 1.165) is 11.9 Å². The van der Waals surface area contributed by atoms with Crippen LogP contribution in [-0.4, -0.2) is 50.2 Å². The van der Waals surface area contributed by atoms with Crippen molar-refractivity contribution in [1.82, 2.24) is 9.55 Å². The first kappa shape index (κ1) is 16.9. The van der Waals surface area contributed by atoms with Gasteiger partial charge in [0.2, 0.25) is 0 Å². The Hall–Kier alpha value is -1.97. The summed E-state index contributed by atoms with van der Waals surface area (Å²) >= 11 is 0. The van der Waals surface area contributed by atoms with E-state index in [9.17, 15) is 12.8 Å². The summed E-state index contributed by atoms with van der Waals surface area (Å²) in [4.78, 5) is 5.91. The standard InChI is InChI=1S/C15H18FN3O4S/c1-11-6-18(9-17-11)15-4-3-12(5-14(15)16)19-7-13(22-10-19)8-23-24(2,20)21/h3-6,9,13H,7-8,10H2,1-2H3/t13-/m1/s1. The Morgan fingerprint density at radius 2 is 2.25 bits per heavy atom. The fraction of sp³-hybridized carbons (Fsp3) is 0.400. The van der Waals surface area contributed by atoms with Crippen molar-refractivity contribution in [3.8, 4) is 5.69 Å². The minimum Gasteiger partial charge on any atom is -0.354 e. The molecule has 0 N–H and O–H groups in total. The van der Waals surface area contributed by atoms with Gasteiger partial charge >= 0.3 is 0 Å². The molecule has 1 saturated heterocycles. The predicted molar refractivity (Wildman–Crippen MR) is 86.1 cm³/mol. The number of aromatic nitrogens is 2. The first-order valence-electron chi connectivity index (χ1n) is 7.33. The molecule has 0 unspecified atom stereocenters. The highest BCUT2D eigenvalue weighted by Gasteiger charge is 2.25. The van der Waals surface area contributed by atoms with Gasteiger partial charge < -0.3 is 14.2 Å². The Morgan fingerprint density at radius 1 is 1.46 bits per heavy atom. The van der Waals surface area contributed by atoms with Crippen LogP contribution >= 0.6 is 0 Å². The fourth-order valence-corrected chi connectivity index (χ4v) is 2.88. The number of aryl methyl sites for hydroxylation is 1. The van der Waals surface area contributed by atoms with Gasteiger partial charge in [0.15, 0.2) is 0 Å². The van der Waals surface area contributed by atoms with Gasteiger partial charge in [0, 0.05) is 18.4 Å². The van der Waals surface area contributed by atoms with Crippen LogP contribution < -0.4 is 4.90 Å². The van der Waals surface area contributed by atoms with E-state index >= 15 is 0 Å². The molecule has 0 amide bonds. The Morgan fingerprint density at radius 3 is 2.88 bits per heavy atom. The highest BCUT2D eigenvalue weighted by molar-refractivity contribution is 7.85. The molecule has 1 aliphatic heterocycles. The van der Waals surface area contributed by atoms with Crippen molar-refractivity contribution in [1.29, 1.82) is 0 Å². The molecular formula is C15H18FN3O4S. The summed E-state index contributed by atoms with van der Waals surface area (Å²) < 4.78 is 48.2. The number of rotatable bonds is 5. The molecule has 1 fully saturated rings. The van der Waals surface area contributed by atoms with Gasteiger partial charge in [0.1, 0.15) is 18.7 Å². The van der Waals surface area contributed by atoms with Crippen molar-refractivity contribution in [3.63, 3.8) is 0 Å². The van der Waals surface area contributed by atoms with Gasteiger partial charge in [0.05, 0.1) is 30.6 Å². The van der Waals surface area contributed by atoms with Crippen LogP contribution in [0.3, 0.4) is 0 Å². The second kappa shape index (κ2) is 6.50. The van der Waals surface area contributed by atoms with E-state index in [2.05, 4.69) is 4.98 Å². The summed E-state index contributed by atoms with van der Waals surface area (Å²) in [5, 5.41) is 0. The molecule has 0 radical (unpaired) electrons. The normalized spacial score (nSPS) is 18.3. The lowest BCUT2D eigenvalue weighted by atomic mass is 10.2. The van der Waals surface area contributed by atoms with Crippen LogP contribution in [-0.2, 0) is 19.0 Å². The molecule has 1 aliphatic rings. The first-order chi connectivity index (χ1) is 11.3. The maximum absolute atomic E-state index is 14.4. The van der Waals surface area contributed by atoms with E-state index in [1.807, 2.05) is 11.8 Å². The van der Waals surface area contributed by atoms with Crippen molar-refractivity contribution in [3.05, 3.63) is 42.2 Å². The molecule has 1 aromatic carbocycles. The molecule has 3 rings (SSSR count). The van der Waals surface area contributed by atoms with Crippen molar-refractivity contribution in [2.24, 2.45) is 0 Å². The lowest BCUT2D eigenvalue weighted by molar-refractivity contribution is 0.0759. The van der Waals surface area contributed by atoms with Crippen molar-refractivity contribution >= 4 is 15.8 Å². The molecule has 2 heterocycles. The second-order valence-electron chi connectivity index (χ2n) is 5.69. The minimum atomic E-state index is -3.50. The smallest absolute Gasteiger partial charge is 0.264 e. The zero-order valence-electron chi connectivity index (χ0n) is 13.3. The summed E-state index contributed by atoms with van der Waals surface area (Å²) in [5.41, 5.74) is 1.88. The molecule has 2 aromatic rings. The summed E-state index contributed by atoms with van der Waals surface area (Å²) in [6.45, 7) is 2.46.